The van der Waals surface area contributed by atoms with E-state index in [-0.39, 0.29) is 11.9 Å². The molecule has 1 N–H and O–H groups in total. The highest BCUT2D eigenvalue weighted by Gasteiger charge is 2.22. The predicted octanol–water partition coefficient (Wildman–Crippen LogP) is 3.89. The van der Waals surface area contributed by atoms with Crippen LogP contribution in [0.3, 0.4) is 0 Å². The van der Waals surface area contributed by atoms with E-state index in [1.807, 2.05) is 6.92 Å². The number of aryl methyl sites for hydroxylation is 3. The van der Waals surface area contributed by atoms with Gasteiger partial charge in [-0.25, -0.2) is 9.97 Å². The zero-order chi connectivity index (χ0) is 16.4. The van der Waals surface area contributed by atoms with E-state index < -0.39 is 0 Å². The molecule has 0 spiro atoms. The van der Waals surface area contributed by atoms with E-state index in [9.17, 15) is 4.79 Å². The Morgan fingerprint density at radius 3 is 2.83 bits per heavy atom. The highest BCUT2D eigenvalue weighted by atomic mass is 32.2. The van der Waals surface area contributed by atoms with Crippen molar-refractivity contribution in [2.24, 2.45) is 0 Å². The maximum Gasteiger partial charge on any atom is 0.230 e. The quantitative estimate of drug-likeness (QED) is 0.635. The van der Waals surface area contributed by atoms with Gasteiger partial charge in [-0.3, -0.25) is 4.79 Å². The lowest BCUT2D eigenvalue weighted by atomic mass is 10.2. The Kier molecular flexibility index (Phi) is 5.21. The number of carbonyl (C=O) groups excluding carboxylic acids is 1. The van der Waals surface area contributed by atoms with E-state index in [2.05, 4.69) is 29.1 Å². The number of carbonyl (C=O) groups is 1. The fraction of sp³-hybridized carbons (Fsp3) is 0.588. The third kappa shape index (κ3) is 3.53. The molecule has 0 fully saturated rings. The summed E-state index contributed by atoms with van der Waals surface area (Å²) in [4.78, 5) is 23.9. The van der Waals surface area contributed by atoms with Crippen molar-refractivity contribution in [3.8, 4) is 0 Å². The number of amides is 1. The van der Waals surface area contributed by atoms with Crippen LogP contribution >= 0.6 is 23.1 Å². The summed E-state index contributed by atoms with van der Waals surface area (Å²) in [5.74, 6) is 1.31. The molecule has 1 amide bonds. The first-order chi connectivity index (χ1) is 11.1. The molecule has 1 aliphatic carbocycles. The van der Waals surface area contributed by atoms with Gasteiger partial charge in [0.15, 0.2) is 0 Å². The van der Waals surface area contributed by atoms with Crippen LogP contribution < -0.4 is 5.32 Å². The number of hydrogen-bond donors (Lipinski definition) is 1. The second kappa shape index (κ2) is 7.18. The summed E-state index contributed by atoms with van der Waals surface area (Å²) in [6, 6.07) is 0.278. The van der Waals surface area contributed by atoms with Crippen molar-refractivity contribution in [2.45, 2.75) is 63.9 Å². The van der Waals surface area contributed by atoms with Gasteiger partial charge in [-0.1, -0.05) is 25.6 Å². The molecular weight excluding hydrogens is 326 g/mol. The number of thiophene rings is 1. The summed E-state index contributed by atoms with van der Waals surface area (Å²) in [7, 11) is 0. The maximum atomic E-state index is 12.2. The molecule has 1 aliphatic rings. The Bertz CT molecular complexity index is 722. The standard InChI is InChI=1S/C17H23N3OS2/c1-4-11(5-2)20-14(21)9-22-16-15-12-7-6-8-13(12)23-17(15)19-10(3)18-16/h11H,4-9H2,1-3H3,(H,20,21). The lowest BCUT2D eigenvalue weighted by Crippen LogP contribution is -2.35. The van der Waals surface area contributed by atoms with Crippen LogP contribution in [0.1, 0.15) is 49.4 Å². The van der Waals surface area contributed by atoms with Crippen molar-refractivity contribution in [1.29, 1.82) is 0 Å². The molecule has 0 saturated carbocycles. The highest BCUT2D eigenvalue weighted by Crippen LogP contribution is 2.40. The lowest BCUT2D eigenvalue weighted by Gasteiger charge is -2.14. The van der Waals surface area contributed by atoms with Crippen molar-refractivity contribution in [3.05, 3.63) is 16.3 Å². The molecule has 124 valence electrons. The van der Waals surface area contributed by atoms with Gasteiger partial charge in [0.25, 0.3) is 0 Å². The first-order valence-corrected chi connectivity index (χ1v) is 10.1. The van der Waals surface area contributed by atoms with Crippen LogP contribution in [0.2, 0.25) is 0 Å². The largest absolute Gasteiger partial charge is 0.353 e. The summed E-state index contributed by atoms with van der Waals surface area (Å²) in [6.07, 6.45) is 5.46. The molecule has 4 nitrogen and oxygen atoms in total. The topological polar surface area (TPSA) is 54.9 Å². The SMILES string of the molecule is CCC(CC)NC(=O)CSc1nc(C)nc2sc3c(c12)CCC3. The van der Waals surface area contributed by atoms with Crippen molar-refractivity contribution >= 4 is 39.2 Å². The molecule has 2 aromatic rings. The zero-order valence-electron chi connectivity index (χ0n) is 13.9. The van der Waals surface area contributed by atoms with Crippen LogP contribution in [0, 0.1) is 6.92 Å². The third-order valence-electron chi connectivity index (χ3n) is 4.33. The minimum Gasteiger partial charge on any atom is -0.353 e. The second-order valence-corrected chi connectivity index (χ2v) is 8.03. The van der Waals surface area contributed by atoms with Gasteiger partial charge >= 0.3 is 0 Å². The first kappa shape index (κ1) is 16.7. The predicted molar refractivity (Wildman–Crippen MR) is 97.4 cm³/mol. The van der Waals surface area contributed by atoms with Crippen LogP contribution in [0.4, 0.5) is 0 Å². The molecule has 3 rings (SSSR count). The van der Waals surface area contributed by atoms with E-state index in [1.54, 1.807) is 23.1 Å². The molecule has 23 heavy (non-hydrogen) atoms. The number of rotatable bonds is 6. The van der Waals surface area contributed by atoms with Gasteiger partial charge in [0.1, 0.15) is 15.7 Å². The van der Waals surface area contributed by atoms with E-state index in [4.69, 9.17) is 0 Å². The van der Waals surface area contributed by atoms with Crippen molar-refractivity contribution < 1.29 is 4.79 Å². The summed E-state index contributed by atoms with van der Waals surface area (Å²) < 4.78 is 0. The summed E-state index contributed by atoms with van der Waals surface area (Å²) in [5, 5.41) is 5.28. The summed E-state index contributed by atoms with van der Waals surface area (Å²) in [6.45, 7) is 6.14. The van der Waals surface area contributed by atoms with Crippen LogP contribution in [0.15, 0.2) is 5.03 Å². The van der Waals surface area contributed by atoms with Gasteiger partial charge in [-0.15, -0.1) is 11.3 Å². The van der Waals surface area contributed by atoms with Crippen LogP contribution in [-0.2, 0) is 17.6 Å². The van der Waals surface area contributed by atoms with E-state index in [1.165, 1.54) is 22.2 Å². The van der Waals surface area contributed by atoms with Gasteiger partial charge in [0, 0.05) is 16.3 Å². The first-order valence-electron chi connectivity index (χ1n) is 8.33. The van der Waals surface area contributed by atoms with Crippen LogP contribution in [0.5, 0.6) is 0 Å². The number of aromatic nitrogens is 2. The molecule has 0 radical (unpaired) electrons. The van der Waals surface area contributed by atoms with Gasteiger partial charge in [0.2, 0.25) is 5.91 Å². The lowest BCUT2D eigenvalue weighted by molar-refractivity contribution is -0.119. The maximum absolute atomic E-state index is 12.2. The fourth-order valence-electron chi connectivity index (χ4n) is 3.06. The minimum absolute atomic E-state index is 0.0972. The molecule has 0 unspecified atom stereocenters. The van der Waals surface area contributed by atoms with Crippen LogP contribution in [0.25, 0.3) is 10.2 Å². The molecule has 0 atom stereocenters. The fourth-order valence-corrected chi connectivity index (χ4v) is 5.35. The second-order valence-electron chi connectivity index (χ2n) is 5.98. The average Bonchev–Trinajstić information content (AvgIpc) is 3.10. The van der Waals surface area contributed by atoms with E-state index >= 15 is 0 Å². The Balaban J connectivity index is 1.79. The van der Waals surface area contributed by atoms with E-state index in [0.717, 1.165) is 41.4 Å². The normalized spacial score (nSPS) is 13.7. The highest BCUT2D eigenvalue weighted by molar-refractivity contribution is 8.00. The number of thioether (sulfide) groups is 1. The molecular formula is C17H23N3OS2. The molecule has 0 saturated heterocycles. The van der Waals surface area contributed by atoms with E-state index in [0.29, 0.717) is 5.75 Å². The number of fused-ring (bicyclic) bond motifs is 3. The van der Waals surface area contributed by atoms with Crippen molar-refractivity contribution in [3.63, 3.8) is 0 Å². The van der Waals surface area contributed by atoms with Gasteiger partial charge in [-0.2, -0.15) is 0 Å². The Labute approximate surface area is 145 Å². The monoisotopic (exact) mass is 349 g/mol. The smallest absolute Gasteiger partial charge is 0.230 e. The Hall–Kier alpha value is -1.14. The molecule has 2 heterocycles. The summed E-state index contributed by atoms with van der Waals surface area (Å²) in [5.41, 5.74) is 1.42. The number of nitrogens with one attached hydrogen (secondary N) is 1. The Morgan fingerprint density at radius 2 is 2.09 bits per heavy atom. The molecule has 0 bridgehead atoms. The minimum atomic E-state index is 0.0972. The number of hydrogen-bond acceptors (Lipinski definition) is 5. The molecule has 6 heteroatoms. The van der Waals surface area contributed by atoms with Gasteiger partial charge in [-0.05, 0) is 44.6 Å². The molecule has 0 aliphatic heterocycles. The molecule has 2 aromatic heterocycles. The average molecular weight is 350 g/mol. The molecule has 0 aromatic carbocycles. The van der Waals surface area contributed by atoms with Crippen molar-refractivity contribution in [2.75, 3.05) is 5.75 Å². The van der Waals surface area contributed by atoms with Gasteiger partial charge < -0.3 is 5.32 Å². The zero-order valence-corrected chi connectivity index (χ0v) is 15.6. The number of nitrogens with zero attached hydrogens (tertiary/aromatic N) is 2. The Morgan fingerprint density at radius 1 is 1.30 bits per heavy atom. The third-order valence-corrected chi connectivity index (χ3v) is 6.50. The summed E-state index contributed by atoms with van der Waals surface area (Å²) >= 11 is 3.35. The van der Waals surface area contributed by atoms with Crippen molar-refractivity contribution in [1.82, 2.24) is 15.3 Å². The van der Waals surface area contributed by atoms with Gasteiger partial charge in [0.05, 0.1) is 5.75 Å². The van der Waals surface area contributed by atoms with Crippen LogP contribution in [-0.4, -0.2) is 27.7 Å².